The lowest BCUT2D eigenvalue weighted by Crippen LogP contribution is -2.58. The van der Waals surface area contributed by atoms with E-state index in [2.05, 4.69) is 13.8 Å². The molecule has 1 atom stereocenters. The Morgan fingerprint density at radius 3 is 2.38 bits per heavy atom. The largest absolute Gasteiger partial charge is 0.497 e. The third kappa shape index (κ3) is 4.15. The molecule has 7 nitrogen and oxygen atoms in total. The standard InChI is InChI=1S/C19H26N2O5/c1-12(2)11-20-6-7-21(13(3)17(20)22)18(23)14-8-15(19(24)26-5)10-16(9-14)25-4/h8-10,12-13H,6-7,11H2,1-5H3/t13-/m1/s1. The van der Waals surface area contributed by atoms with Crippen molar-refractivity contribution < 1.29 is 23.9 Å². The van der Waals surface area contributed by atoms with Gasteiger partial charge in [-0.15, -0.1) is 0 Å². The maximum atomic E-state index is 13.0. The van der Waals surface area contributed by atoms with Gasteiger partial charge in [0.25, 0.3) is 5.91 Å². The molecule has 2 rings (SSSR count). The average Bonchev–Trinajstić information content (AvgIpc) is 2.63. The van der Waals surface area contributed by atoms with Crippen molar-refractivity contribution in [3.63, 3.8) is 0 Å². The molecule has 1 saturated heterocycles. The van der Waals surface area contributed by atoms with E-state index >= 15 is 0 Å². The van der Waals surface area contributed by atoms with Crippen molar-refractivity contribution in [3.8, 4) is 5.75 Å². The van der Waals surface area contributed by atoms with Crippen LogP contribution in [0.25, 0.3) is 0 Å². The van der Waals surface area contributed by atoms with Gasteiger partial charge in [-0.1, -0.05) is 13.8 Å². The van der Waals surface area contributed by atoms with Crippen LogP contribution < -0.4 is 4.74 Å². The number of methoxy groups -OCH3 is 2. The van der Waals surface area contributed by atoms with Gasteiger partial charge in [0.05, 0.1) is 19.8 Å². The van der Waals surface area contributed by atoms with E-state index in [1.807, 2.05) is 0 Å². The van der Waals surface area contributed by atoms with Crippen LogP contribution in [-0.2, 0) is 9.53 Å². The molecule has 0 saturated carbocycles. The van der Waals surface area contributed by atoms with Gasteiger partial charge < -0.3 is 19.3 Å². The SMILES string of the molecule is COC(=O)c1cc(OC)cc(C(=O)N2CCN(CC(C)C)C(=O)[C@H]2C)c1. The molecule has 1 aliphatic rings. The van der Waals surface area contributed by atoms with Crippen LogP contribution in [0.5, 0.6) is 5.75 Å². The molecule has 1 heterocycles. The number of hydrogen-bond donors (Lipinski definition) is 0. The summed E-state index contributed by atoms with van der Waals surface area (Å²) in [5.74, 6) is -0.166. The number of nitrogens with zero attached hydrogens (tertiary/aromatic N) is 2. The van der Waals surface area contributed by atoms with Crippen LogP contribution >= 0.6 is 0 Å². The van der Waals surface area contributed by atoms with Gasteiger partial charge in [-0.05, 0) is 31.0 Å². The molecule has 7 heteroatoms. The minimum absolute atomic E-state index is 0.0608. The van der Waals surface area contributed by atoms with Gasteiger partial charge >= 0.3 is 5.97 Å². The first-order valence-corrected chi connectivity index (χ1v) is 8.65. The van der Waals surface area contributed by atoms with E-state index in [1.54, 1.807) is 17.9 Å². The molecular weight excluding hydrogens is 336 g/mol. The number of piperazine rings is 1. The van der Waals surface area contributed by atoms with Crippen LogP contribution in [-0.4, -0.2) is 67.5 Å². The molecular formula is C19H26N2O5. The summed E-state index contributed by atoms with van der Waals surface area (Å²) < 4.78 is 9.91. The molecule has 0 aromatic heterocycles. The molecule has 0 bridgehead atoms. The number of amides is 2. The van der Waals surface area contributed by atoms with E-state index in [-0.39, 0.29) is 17.4 Å². The molecule has 1 aliphatic heterocycles. The smallest absolute Gasteiger partial charge is 0.338 e. The molecule has 0 N–H and O–H groups in total. The first kappa shape index (κ1) is 19.8. The predicted octanol–water partition coefficient (Wildman–Crippen LogP) is 1.81. The number of benzene rings is 1. The van der Waals surface area contributed by atoms with Gasteiger partial charge in [-0.2, -0.15) is 0 Å². The first-order chi connectivity index (χ1) is 12.3. The molecule has 0 spiro atoms. The van der Waals surface area contributed by atoms with Gasteiger partial charge in [-0.25, -0.2) is 4.79 Å². The Hall–Kier alpha value is -2.57. The summed E-state index contributed by atoms with van der Waals surface area (Å²) in [6.45, 7) is 7.47. The molecule has 0 aliphatic carbocycles. The summed E-state index contributed by atoms with van der Waals surface area (Å²) in [4.78, 5) is 40.7. The fraction of sp³-hybridized carbons (Fsp3) is 0.526. The summed E-state index contributed by atoms with van der Waals surface area (Å²) >= 11 is 0. The first-order valence-electron chi connectivity index (χ1n) is 8.65. The zero-order valence-electron chi connectivity index (χ0n) is 15.9. The third-order valence-electron chi connectivity index (χ3n) is 4.40. The second-order valence-corrected chi connectivity index (χ2v) is 6.79. The Bertz CT molecular complexity index is 701. The Morgan fingerprint density at radius 1 is 1.15 bits per heavy atom. The van der Waals surface area contributed by atoms with Crippen molar-refractivity contribution in [2.24, 2.45) is 5.92 Å². The van der Waals surface area contributed by atoms with Crippen LogP contribution in [0.1, 0.15) is 41.5 Å². The van der Waals surface area contributed by atoms with E-state index in [0.717, 1.165) is 0 Å². The van der Waals surface area contributed by atoms with Crippen molar-refractivity contribution in [1.29, 1.82) is 0 Å². The van der Waals surface area contributed by atoms with E-state index in [4.69, 9.17) is 9.47 Å². The lowest BCUT2D eigenvalue weighted by molar-refractivity contribution is -0.140. The van der Waals surface area contributed by atoms with Gasteiger partial charge in [0.1, 0.15) is 11.8 Å². The van der Waals surface area contributed by atoms with E-state index < -0.39 is 12.0 Å². The number of rotatable bonds is 5. The van der Waals surface area contributed by atoms with Crippen LogP contribution in [0.15, 0.2) is 18.2 Å². The molecule has 26 heavy (non-hydrogen) atoms. The second-order valence-electron chi connectivity index (χ2n) is 6.79. The Morgan fingerprint density at radius 2 is 1.81 bits per heavy atom. The minimum Gasteiger partial charge on any atom is -0.497 e. The Kier molecular flexibility index (Phi) is 6.23. The lowest BCUT2D eigenvalue weighted by Gasteiger charge is -2.39. The maximum Gasteiger partial charge on any atom is 0.338 e. The molecule has 1 fully saturated rings. The quantitative estimate of drug-likeness (QED) is 0.747. The average molecular weight is 362 g/mol. The molecule has 2 amide bonds. The normalized spacial score (nSPS) is 17.5. The highest BCUT2D eigenvalue weighted by Gasteiger charge is 2.35. The van der Waals surface area contributed by atoms with Crippen molar-refractivity contribution in [3.05, 3.63) is 29.3 Å². The van der Waals surface area contributed by atoms with Crippen LogP contribution in [0, 0.1) is 5.92 Å². The summed E-state index contributed by atoms with van der Waals surface area (Å²) in [5, 5.41) is 0. The zero-order chi connectivity index (χ0) is 19.4. The van der Waals surface area contributed by atoms with Gasteiger partial charge in [0, 0.05) is 25.2 Å². The van der Waals surface area contributed by atoms with E-state index in [9.17, 15) is 14.4 Å². The molecule has 1 aromatic rings. The Labute approximate surface area is 153 Å². The topological polar surface area (TPSA) is 76.2 Å². The number of carbonyl (C=O) groups is 3. The fourth-order valence-electron chi connectivity index (χ4n) is 3.07. The zero-order valence-corrected chi connectivity index (χ0v) is 15.9. The van der Waals surface area contributed by atoms with E-state index in [1.165, 1.54) is 31.3 Å². The maximum absolute atomic E-state index is 13.0. The van der Waals surface area contributed by atoms with Gasteiger partial charge in [0.2, 0.25) is 5.91 Å². The number of esters is 1. The predicted molar refractivity (Wildman–Crippen MR) is 96.3 cm³/mol. The summed E-state index contributed by atoms with van der Waals surface area (Å²) in [5.41, 5.74) is 0.523. The highest BCUT2D eigenvalue weighted by Crippen LogP contribution is 2.22. The second kappa shape index (κ2) is 8.21. The highest BCUT2D eigenvalue weighted by molar-refractivity contribution is 6.01. The molecule has 1 aromatic carbocycles. The summed E-state index contributed by atoms with van der Waals surface area (Å²) in [6, 6.07) is 3.99. The van der Waals surface area contributed by atoms with Crippen molar-refractivity contribution in [2.45, 2.75) is 26.8 Å². The summed E-state index contributed by atoms with van der Waals surface area (Å²) in [7, 11) is 2.74. The number of ether oxygens (including phenoxy) is 2. The lowest BCUT2D eigenvalue weighted by atomic mass is 10.1. The molecule has 0 radical (unpaired) electrons. The Balaban J connectivity index is 2.26. The van der Waals surface area contributed by atoms with Crippen molar-refractivity contribution in [1.82, 2.24) is 9.80 Å². The van der Waals surface area contributed by atoms with Gasteiger partial charge in [-0.3, -0.25) is 9.59 Å². The van der Waals surface area contributed by atoms with Crippen LogP contribution in [0.4, 0.5) is 0 Å². The van der Waals surface area contributed by atoms with Crippen LogP contribution in [0.3, 0.4) is 0 Å². The number of hydrogen-bond acceptors (Lipinski definition) is 5. The van der Waals surface area contributed by atoms with E-state index in [0.29, 0.717) is 36.9 Å². The van der Waals surface area contributed by atoms with Gasteiger partial charge in [0.15, 0.2) is 0 Å². The fourth-order valence-corrected chi connectivity index (χ4v) is 3.07. The molecule has 0 unspecified atom stereocenters. The van der Waals surface area contributed by atoms with Crippen LogP contribution in [0.2, 0.25) is 0 Å². The monoisotopic (exact) mass is 362 g/mol. The summed E-state index contributed by atoms with van der Waals surface area (Å²) in [6.07, 6.45) is 0. The minimum atomic E-state index is -0.553. The highest BCUT2D eigenvalue weighted by atomic mass is 16.5. The van der Waals surface area contributed by atoms with Crippen molar-refractivity contribution in [2.75, 3.05) is 33.9 Å². The third-order valence-corrected chi connectivity index (χ3v) is 4.40. The van der Waals surface area contributed by atoms with Crippen molar-refractivity contribution >= 4 is 17.8 Å². The molecule has 142 valence electrons. The number of carbonyl (C=O) groups excluding carboxylic acids is 3.